The molecule has 0 amide bonds. The van der Waals surface area contributed by atoms with Crippen molar-refractivity contribution in [3.05, 3.63) is 36.7 Å². The van der Waals surface area contributed by atoms with Gasteiger partial charge in [-0.1, -0.05) is 19.4 Å². The largest absolute Gasteiger partial charge is 0.371 e. The molecule has 3 nitrogen and oxygen atoms in total. The summed E-state index contributed by atoms with van der Waals surface area (Å²) in [4.78, 5) is 9.29. The summed E-state index contributed by atoms with van der Waals surface area (Å²) in [5.41, 5.74) is 1.32. The van der Waals surface area contributed by atoms with Gasteiger partial charge in [-0.2, -0.15) is 0 Å². The smallest absolute Gasteiger partial charge is 0.0372 e. The van der Waals surface area contributed by atoms with Gasteiger partial charge in [-0.05, 0) is 49.4 Å². The molecule has 3 rings (SSSR count). The predicted molar refractivity (Wildman–Crippen MR) is 94.5 cm³/mol. The predicted octanol–water partition coefficient (Wildman–Crippen LogP) is 3.94. The second-order valence-corrected chi connectivity index (χ2v) is 6.44. The number of pyridine rings is 1. The topological polar surface area (TPSA) is 19.4 Å². The lowest BCUT2D eigenvalue weighted by molar-refractivity contribution is 0.208. The van der Waals surface area contributed by atoms with E-state index in [2.05, 4.69) is 53.0 Å². The zero-order valence-corrected chi connectivity index (χ0v) is 13.8. The summed E-state index contributed by atoms with van der Waals surface area (Å²) < 4.78 is 0. The zero-order chi connectivity index (χ0) is 15.4. The normalized spacial score (nSPS) is 17.0. The zero-order valence-electron chi connectivity index (χ0n) is 13.8. The van der Waals surface area contributed by atoms with Crippen LogP contribution in [0.15, 0.2) is 36.7 Å². The van der Waals surface area contributed by atoms with Gasteiger partial charge in [0.2, 0.25) is 0 Å². The molecule has 1 aliphatic heterocycles. The van der Waals surface area contributed by atoms with Crippen molar-refractivity contribution in [2.24, 2.45) is 0 Å². The van der Waals surface area contributed by atoms with Crippen LogP contribution in [0.25, 0.3) is 10.8 Å². The number of hydrogen-bond donors (Lipinski definition) is 0. The highest BCUT2D eigenvalue weighted by atomic mass is 15.2. The number of likely N-dealkylation sites (tertiary alicyclic amines) is 1. The highest BCUT2D eigenvalue weighted by molar-refractivity contribution is 5.85. The summed E-state index contributed by atoms with van der Waals surface area (Å²) in [5.74, 6) is 0. The number of piperidine rings is 1. The van der Waals surface area contributed by atoms with Crippen LogP contribution in [0, 0.1) is 0 Å². The van der Waals surface area contributed by atoms with Crippen molar-refractivity contribution in [3.63, 3.8) is 0 Å². The standard InChI is InChI=1S/C19H27N3/c1-3-4-11-22-12-8-18(9-13-22)21(2)19-6-5-17-15-20-10-7-16(17)14-19/h5-7,10,14-15,18H,3-4,8-9,11-13H2,1-2H3. The minimum Gasteiger partial charge on any atom is -0.371 e. The minimum absolute atomic E-state index is 0.664. The van der Waals surface area contributed by atoms with Crippen molar-refractivity contribution >= 4 is 16.5 Å². The summed E-state index contributed by atoms with van der Waals surface area (Å²) in [5, 5.41) is 2.49. The van der Waals surface area contributed by atoms with Crippen molar-refractivity contribution in [2.75, 3.05) is 31.6 Å². The van der Waals surface area contributed by atoms with Gasteiger partial charge in [0.1, 0.15) is 0 Å². The fraction of sp³-hybridized carbons (Fsp3) is 0.526. The molecule has 1 aromatic heterocycles. The Morgan fingerprint density at radius 3 is 2.77 bits per heavy atom. The number of rotatable bonds is 5. The molecule has 0 spiro atoms. The van der Waals surface area contributed by atoms with Gasteiger partial charge < -0.3 is 9.80 Å². The van der Waals surface area contributed by atoms with Crippen LogP contribution in [0.3, 0.4) is 0 Å². The maximum absolute atomic E-state index is 4.19. The van der Waals surface area contributed by atoms with E-state index in [0.29, 0.717) is 6.04 Å². The molecule has 22 heavy (non-hydrogen) atoms. The summed E-state index contributed by atoms with van der Waals surface area (Å²) in [6.45, 7) is 6.03. The van der Waals surface area contributed by atoms with Crippen molar-refractivity contribution in [1.29, 1.82) is 0 Å². The molecule has 0 atom stereocenters. The fourth-order valence-electron chi connectivity index (χ4n) is 3.41. The highest BCUT2D eigenvalue weighted by Crippen LogP contribution is 2.25. The first-order valence-corrected chi connectivity index (χ1v) is 8.57. The van der Waals surface area contributed by atoms with Crippen LogP contribution < -0.4 is 4.90 Å². The van der Waals surface area contributed by atoms with Gasteiger partial charge in [-0.3, -0.25) is 4.98 Å². The van der Waals surface area contributed by atoms with Crippen LogP contribution in [-0.4, -0.2) is 42.6 Å². The Kier molecular flexibility index (Phi) is 4.94. The number of unbranched alkanes of at least 4 members (excludes halogenated alkanes) is 1. The number of anilines is 1. The van der Waals surface area contributed by atoms with Gasteiger partial charge in [-0.15, -0.1) is 0 Å². The Morgan fingerprint density at radius 2 is 2.00 bits per heavy atom. The second-order valence-electron chi connectivity index (χ2n) is 6.44. The molecule has 118 valence electrons. The van der Waals surface area contributed by atoms with Crippen molar-refractivity contribution in [3.8, 4) is 0 Å². The molecule has 1 aliphatic rings. The lowest BCUT2D eigenvalue weighted by Gasteiger charge is -2.38. The average molecular weight is 297 g/mol. The van der Waals surface area contributed by atoms with Gasteiger partial charge in [-0.25, -0.2) is 0 Å². The number of fused-ring (bicyclic) bond motifs is 1. The molecular weight excluding hydrogens is 270 g/mol. The monoisotopic (exact) mass is 297 g/mol. The molecule has 1 saturated heterocycles. The fourth-order valence-corrected chi connectivity index (χ4v) is 3.41. The van der Waals surface area contributed by atoms with E-state index in [1.807, 2.05) is 12.4 Å². The molecule has 0 radical (unpaired) electrons. The first-order valence-electron chi connectivity index (χ1n) is 8.57. The van der Waals surface area contributed by atoms with E-state index in [9.17, 15) is 0 Å². The molecule has 2 aromatic rings. The maximum atomic E-state index is 4.19. The van der Waals surface area contributed by atoms with E-state index < -0.39 is 0 Å². The molecule has 1 aromatic carbocycles. The number of nitrogens with zero attached hydrogens (tertiary/aromatic N) is 3. The summed E-state index contributed by atoms with van der Waals surface area (Å²) in [6, 6.07) is 9.47. The third-order valence-corrected chi connectivity index (χ3v) is 4.96. The van der Waals surface area contributed by atoms with E-state index in [4.69, 9.17) is 0 Å². The van der Waals surface area contributed by atoms with Gasteiger partial charge in [0.05, 0.1) is 0 Å². The summed E-state index contributed by atoms with van der Waals surface area (Å²) in [7, 11) is 2.24. The van der Waals surface area contributed by atoms with Gasteiger partial charge >= 0.3 is 0 Å². The van der Waals surface area contributed by atoms with Gasteiger partial charge in [0, 0.05) is 49.6 Å². The summed E-state index contributed by atoms with van der Waals surface area (Å²) >= 11 is 0. The molecular formula is C19H27N3. The van der Waals surface area contributed by atoms with Gasteiger partial charge in [0.25, 0.3) is 0 Å². The molecule has 0 unspecified atom stereocenters. The highest BCUT2D eigenvalue weighted by Gasteiger charge is 2.22. The molecule has 3 heteroatoms. The van der Waals surface area contributed by atoms with E-state index in [0.717, 1.165) is 0 Å². The Labute approximate surface area is 133 Å². The van der Waals surface area contributed by atoms with Crippen LogP contribution in [0.2, 0.25) is 0 Å². The van der Waals surface area contributed by atoms with Crippen molar-refractivity contribution in [1.82, 2.24) is 9.88 Å². The van der Waals surface area contributed by atoms with E-state index in [1.54, 1.807) is 0 Å². The Hall–Kier alpha value is -1.61. The minimum atomic E-state index is 0.664. The SMILES string of the molecule is CCCCN1CCC(N(C)c2ccc3cnccc3c2)CC1. The van der Waals surface area contributed by atoms with E-state index in [1.165, 1.54) is 61.8 Å². The van der Waals surface area contributed by atoms with Crippen LogP contribution in [0.1, 0.15) is 32.6 Å². The quantitative estimate of drug-likeness (QED) is 0.833. The molecule has 0 bridgehead atoms. The molecule has 0 N–H and O–H groups in total. The Bertz CT molecular complexity index is 602. The van der Waals surface area contributed by atoms with Crippen LogP contribution in [0.5, 0.6) is 0 Å². The van der Waals surface area contributed by atoms with E-state index >= 15 is 0 Å². The van der Waals surface area contributed by atoms with Crippen LogP contribution in [0.4, 0.5) is 5.69 Å². The third-order valence-electron chi connectivity index (χ3n) is 4.96. The van der Waals surface area contributed by atoms with Crippen molar-refractivity contribution < 1.29 is 0 Å². The molecule has 2 heterocycles. The third kappa shape index (κ3) is 3.41. The van der Waals surface area contributed by atoms with Crippen LogP contribution in [-0.2, 0) is 0 Å². The maximum Gasteiger partial charge on any atom is 0.0372 e. The van der Waals surface area contributed by atoms with Gasteiger partial charge in [0.15, 0.2) is 0 Å². The number of hydrogen-bond acceptors (Lipinski definition) is 3. The lowest BCUT2D eigenvalue weighted by atomic mass is 10.0. The van der Waals surface area contributed by atoms with E-state index in [-0.39, 0.29) is 0 Å². The van der Waals surface area contributed by atoms with Crippen LogP contribution >= 0.6 is 0 Å². The van der Waals surface area contributed by atoms with Crippen molar-refractivity contribution in [2.45, 2.75) is 38.6 Å². The Morgan fingerprint density at radius 1 is 1.18 bits per heavy atom. The summed E-state index contributed by atoms with van der Waals surface area (Å²) in [6.07, 6.45) is 8.98. The Balaban J connectivity index is 1.64. The lowest BCUT2D eigenvalue weighted by Crippen LogP contribution is -2.43. The second kappa shape index (κ2) is 7.10. The molecule has 1 fully saturated rings. The average Bonchev–Trinajstić information content (AvgIpc) is 2.59. The number of benzene rings is 1. The first-order chi connectivity index (χ1) is 10.8. The number of aromatic nitrogens is 1. The molecule has 0 saturated carbocycles. The first kappa shape index (κ1) is 15.3. The molecule has 0 aliphatic carbocycles.